The van der Waals surface area contributed by atoms with Crippen LogP contribution >= 0.6 is 0 Å². The maximum absolute atomic E-state index is 12.5. The number of carbonyl (C=O) groups is 2. The molecule has 1 atom stereocenters. The lowest BCUT2D eigenvalue weighted by molar-refractivity contribution is -0.386. The van der Waals surface area contributed by atoms with Gasteiger partial charge < -0.3 is 28.3 Å². The van der Waals surface area contributed by atoms with Gasteiger partial charge in [-0.15, -0.1) is 0 Å². The molecule has 0 aliphatic rings. The number of nitro benzene ring substituents is 1. The van der Waals surface area contributed by atoms with Crippen molar-refractivity contribution in [2.45, 2.75) is 33.5 Å². The molecule has 0 radical (unpaired) electrons. The molecule has 0 unspecified atom stereocenters. The first-order chi connectivity index (χ1) is 20.1. The minimum Gasteiger partial charge on any atom is -0.493 e. The average Bonchev–Trinajstić information content (AvgIpc) is 3.58. The number of nitrogens with zero attached hydrogens (tertiary/aromatic N) is 3. The van der Waals surface area contributed by atoms with E-state index >= 15 is 0 Å². The van der Waals surface area contributed by atoms with Gasteiger partial charge in [0.25, 0.3) is 0 Å². The zero-order chi connectivity index (χ0) is 30.4. The summed E-state index contributed by atoms with van der Waals surface area (Å²) in [7, 11) is 1.25. The van der Waals surface area contributed by atoms with Crippen LogP contribution in [0.2, 0.25) is 0 Å². The third-order valence-corrected chi connectivity index (χ3v) is 6.13. The molecule has 2 aromatic carbocycles. The molecule has 0 fully saturated rings. The van der Waals surface area contributed by atoms with Crippen LogP contribution in [0.25, 0.3) is 5.69 Å². The van der Waals surface area contributed by atoms with Gasteiger partial charge in [-0.1, -0.05) is 0 Å². The van der Waals surface area contributed by atoms with Crippen LogP contribution in [0.4, 0.5) is 5.69 Å². The number of methoxy groups -OCH3 is 1. The fourth-order valence-electron chi connectivity index (χ4n) is 4.04. The highest BCUT2D eigenvalue weighted by Crippen LogP contribution is 2.38. The van der Waals surface area contributed by atoms with E-state index in [0.717, 1.165) is 29.4 Å². The molecule has 2 aromatic heterocycles. The van der Waals surface area contributed by atoms with Gasteiger partial charge in [-0.2, -0.15) is 5.10 Å². The maximum atomic E-state index is 12.5. The SMILES string of the molecule is COc1cc(/C=N/NC(=O)c2ccc(COc3ccc(-n4c(C)ccc4C)cc3)o2)cc([N+](=O)[O-])c1O[C@@H](C)C(=O)O. The van der Waals surface area contributed by atoms with Crippen molar-refractivity contribution in [3.05, 3.63) is 99.2 Å². The quantitative estimate of drug-likeness (QED) is 0.137. The number of hydrogen-bond acceptors (Lipinski definition) is 9. The Labute approximate surface area is 240 Å². The lowest BCUT2D eigenvalue weighted by atomic mass is 10.2. The van der Waals surface area contributed by atoms with Crippen LogP contribution < -0.4 is 19.6 Å². The van der Waals surface area contributed by atoms with Gasteiger partial charge in [0.05, 0.1) is 18.2 Å². The first kappa shape index (κ1) is 29.4. The summed E-state index contributed by atoms with van der Waals surface area (Å²) in [6.07, 6.45) is -0.199. The van der Waals surface area contributed by atoms with E-state index in [1.54, 1.807) is 6.07 Å². The smallest absolute Gasteiger partial charge is 0.344 e. The fourth-order valence-corrected chi connectivity index (χ4v) is 4.04. The highest BCUT2D eigenvalue weighted by Gasteiger charge is 2.26. The van der Waals surface area contributed by atoms with E-state index in [2.05, 4.69) is 27.2 Å². The average molecular weight is 577 g/mol. The number of amides is 1. The number of aryl methyl sites for hydroxylation is 2. The summed E-state index contributed by atoms with van der Waals surface area (Å²) < 4.78 is 23.8. The van der Waals surface area contributed by atoms with Crippen molar-refractivity contribution in [2.24, 2.45) is 5.10 Å². The molecule has 0 aliphatic carbocycles. The summed E-state index contributed by atoms with van der Waals surface area (Å²) in [4.78, 5) is 34.5. The van der Waals surface area contributed by atoms with Crippen molar-refractivity contribution in [3.63, 3.8) is 0 Å². The highest BCUT2D eigenvalue weighted by molar-refractivity contribution is 5.92. The molecule has 1 amide bonds. The van der Waals surface area contributed by atoms with Gasteiger partial charge in [-0.3, -0.25) is 14.9 Å². The van der Waals surface area contributed by atoms with E-state index in [1.807, 2.05) is 38.1 Å². The Morgan fingerprint density at radius 1 is 1.12 bits per heavy atom. The number of aliphatic carboxylic acids is 1. The van der Waals surface area contributed by atoms with Gasteiger partial charge >= 0.3 is 17.6 Å². The summed E-state index contributed by atoms with van der Waals surface area (Å²) >= 11 is 0. The van der Waals surface area contributed by atoms with E-state index in [1.165, 1.54) is 26.2 Å². The van der Waals surface area contributed by atoms with Gasteiger partial charge in [0.15, 0.2) is 17.6 Å². The molecule has 218 valence electrons. The molecule has 0 saturated carbocycles. The molecule has 4 aromatic rings. The summed E-state index contributed by atoms with van der Waals surface area (Å²) in [6, 6.07) is 17.2. The van der Waals surface area contributed by atoms with Crippen LogP contribution in [0.3, 0.4) is 0 Å². The van der Waals surface area contributed by atoms with E-state index in [4.69, 9.17) is 23.7 Å². The van der Waals surface area contributed by atoms with Crippen molar-refractivity contribution < 1.29 is 38.2 Å². The van der Waals surface area contributed by atoms with E-state index in [0.29, 0.717) is 11.5 Å². The number of nitrogens with one attached hydrogen (secondary N) is 1. The molecule has 2 heterocycles. The molecule has 13 nitrogen and oxygen atoms in total. The topological polar surface area (TPSA) is 168 Å². The second-order valence-corrected chi connectivity index (χ2v) is 9.13. The Morgan fingerprint density at radius 2 is 1.81 bits per heavy atom. The fraction of sp³-hybridized carbons (Fsp3) is 0.207. The number of carbonyl (C=O) groups excluding carboxylic acids is 1. The predicted molar refractivity (Wildman–Crippen MR) is 151 cm³/mol. The maximum Gasteiger partial charge on any atom is 0.344 e. The minimum atomic E-state index is -1.36. The largest absolute Gasteiger partial charge is 0.493 e. The van der Waals surface area contributed by atoms with Crippen molar-refractivity contribution in [1.29, 1.82) is 0 Å². The lowest BCUT2D eigenvalue weighted by Gasteiger charge is -2.14. The Bertz CT molecular complexity index is 1620. The van der Waals surface area contributed by atoms with Gasteiger partial charge in [0.2, 0.25) is 5.75 Å². The van der Waals surface area contributed by atoms with E-state index in [-0.39, 0.29) is 29.4 Å². The molecular weight excluding hydrogens is 548 g/mol. The molecule has 0 bridgehead atoms. The second-order valence-electron chi connectivity index (χ2n) is 9.13. The third-order valence-electron chi connectivity index (χ3n) is 6.13. The number of hydrogen-bond donors (Lipinski definition) is 2. The van der Waals surface area contributed by atoms with Crippen LogP contribution in [0.1, 0.15) is 40.2 Å². The van der Waals surface area contributed by atoms with Crippen molar-refractivity contribution in [3.8, 4) is 22.9 Å². The number of nitro groups is 1. The lowest BCUT2D eigenvalue weighted by Crippen LogP contribution is -2.23. The monoisotopic (exact) mass is 576 g/mol. The standard InChI is InChI=1S/C29H28N4O9/c1-17-5-6-18(2)32(17)21-7-9-22(10-8-21)40-16-23-11-12-25(42-23)28(34)31-30-15-20-13-24(33(37)38)27(26(14-20)39-4)41-19(3)29(35)36/h5-15,19H,16H2,1-4H3,(H,31,34)(H,35,36)/b30-15+/t19-/m0/s1. The molecule has 0 spiro atoms. The predicted octanol–water partition coefficient (Wildman–Crippen LogP) is 4.80. The molecule has 0 aliphatic heterocycles. The van der Waals surface area contributed by atoms with Gasteiger partial charge in [0.1, 0.15) is 18.1 Å². The number of aromatic nitrogens is 1. The number of ether oxygens (including phenoxy) is 3. The number of benzene rings is 2. The molecule has 13 heteroatoms. The van der Waals surface area contributed by atoms with E-state index < -0.39 is 28.6 Å². The Kier molecular flexibility index (Phi) is 8.90. The Balaban J connectivity index is 1.37. The molecule has 2 N–H and O–H groups in total. The number of carboxylic acids is 1. The van der Waals surface area contributed by atoms with Gasteiger partial charge in [-0.25, -0.2) is 10.2 Å². The first-order valence-electron chi connectivity index (χ1n) is 12.6. The van der Waals surface area contributed by atoms with Crippen LogP contribution in [-0.4, -0.2) is 45.9 Å². The van der Waals surface area contributed by atoms with Crippen molar-refractivity contribution in [2.75, 3.05) is 7.11 Å². The summed E-state index contributed by atoms with van der Waals surface area (Å²) in [5, 5.41) is 24.5. The summed E-state index contributed by atoms with van der Waals surface area (Å²) in [6.45, 7) is 5.40. The highest BCUT2D eigenvalue weighted by atomic mass is 16.6. The van der Waals surface area contributed by atoms with Crippen LogP contribution in [-0.2, 0) is 11.4 Å². The Hall–Kier alpha value is -5.59. The van der Waals surface area contributed by atoms with Crippen molar-refractivity contribution in [1.82, 2.24) is 9.99 Å². The number of furan rings is 1. The summed E-state index contributed by atoms with van der Waals surface area (Å²) in [5.41, 5.74) is 5.22. The molecule has 42 heavy (non-hydrogen) atoms. The minimum absolute atomic E-state index is 0.0189. The number of hydrazone groups is 1. The summed E-state index contributed by atoms with van der Waals surface area (Å²) in [5.74, 6) is -1.36. The van der Waals surface area contributed by atoms with Crippen LogP contribution in [0.15, 0.2) is 70.2 Å². The zero-order valence-electron chi connectivity index (χ0n) is 23.2. The normalized spacial score (nSPS) is 11.7. The van der Waals surface area contributed by atoms with E-state index in [9.17, 15) is 19.7 Å². The molecule has 0 saturated heterocycles. The Morgan fingerprint density at radius 3 is 2.43 bits per heavy atom. The van der Waals surface area contributed by atoms with Gasteiger partial charge in [0, 0.05) is 28.7 Å². The third kappa shape index (κ3) is 6.75. The second kappa shape index (κ2) is 12.7. The van der Waals surface area contributed by atoms with Crippen LogP contribution in [0.5, 0.6) is 17.2 Å². The molecule has 4 rings (SSSR count). The number of rotatable bonds is 12. The first-order valence-corrected chi connectivity index (χ1v) is 12.6. The van der Waals surface area contributed by atoms with Gasteiger partial charge in [-0.05, 0) is 75.4 Å². The van der Waals surface area contributed by atoms with Crippen molar-refractivity contribution >= 4 is 23.8 Å². The van der Waals surface area contributed by atoms with Crippen LogP contribution in [0, 0.1) is 24.0 Å². The molecular formula is C29H28N4O9. The number of carboxylic acid groups (broad SMARTS) is 1. The zero-order valence-corrected chi connectivity index (χ0v) is 23.2.